The molecule has 0 fully saturated rings. The molecule has 0 aliphatic carbocycles. The second-order valence-corrected chi connectivity index (χ2v) is 9.30. The van der Waals surface area contributed by atoms with Crippen molar-refractivity contribution in [3.63, 3.8) is 0 Å². The fraction of sp³-hybridized carbons (Fsp3) is 0.913. The summed E-state index contributed by atoms with van der Waals surface area (Å²) in [6.07, 6.45) is 12.8. The summed E-state index contributed by atoms with van der Waals surface area (Å²) in [5.41, 5.74) is -0.570. The van der Waals surface area contributed by atoms with Crippen molar-refractivity contribution in [1.82, 2.24) is 10.6 Å². The molecular formula is C23H46N2O3. The summed E-state index contributed by atoms with van der Waals surface area (Å²) in [5, 5.41) is 5.69. The molecule has 0 aromatic rings. The Bertz CT molecular complexity index is 417. The van der Waals surface area contributed by atoms with Crippen LogP contribution in [0.4, 0.5) is 4.79 Å². The minimum Gasteiger partial charge on any atom is -0.444 e. The molecule has 0 aromatic carbocycles. The molecule has 28 heavy (non-hydrogen) atoms. The van der Waals surface area contributed by atoms with E-state index in [0.717, 1.165) is 12.8 Å². The van der Waals surface area contributed by atoms with Crippen molar-refractivity contribution < 1.29 is 14.3 Å². The average molecular weight is 399 g/mol. The summed E-state index contributed by atoms with van der Waals surface area (Å²) in [7, 11) is 0. The number of amides is 2. The van der Waals surface area contributed by atoms with Crippen LogP contribution in [0.2, 0.25) is 0 Å². The van der Waals surface area contributed by atoms with Gasteiger partial charge in [0.2, 0.25) is 5.91 Å². The SMILES string of the molecule is CCCCCCCCCCCCNC(=O)[C@H](CC(C)C)NC(=O)OC(C)(C)C. The third-order valence-corrected chi connectivity index (χ3v) is 4.54. The molecule has 2 amide bonds. The van der Waals surface area contributed by atoms with Gasteiger partial charge < -0.3 is 15.4 Å². The highest BCUT2D eigenvalue weighted by molar-refractivity contribution is 5.85. The van der Waals surface area contributed by atoms with Crippen molar-refractivity contribution in [3.05, 3.63) is 0 Å². The number of ether oxygens (including phenoxy) is 1. The smallest absolute Gasteiger partial charge is 0.408 e. The molecule has 0 radical (unpaired) electrons. The molecule has 0 unspecified atom stereocenters. The number of unbranched alkanes of at least 4 members (excludes halogenated alkanes) is 9. The van der Waals surface area contributed by atoms with E-state index in [4.69, 9.17) is 4.74 Å². The van der Waals surface area contributed by atoms with Crippen LogP contribution in [-0.4, -0.2) is 30.2 Å². The quantitative estimate of drug-likeness (QED) is 0.334. The van der Waals surface area contributed by atoms with E-state index >= 15 is 0 Å². The summed E-state index contributed by atoms with van der Waals surface area (Å²) in [5.74, 6) is 0.193. The van der Waals surface area contributed by atoms with Gasteiger partial charge in [0.15, 0.2) is 0 Å². The van der Waals surface area contributed by atoms with Gasteiger partial charge in [0, 0.05) is 6.54 Å². The Hall–Kier alpha value is -1.26. The van der Waals surface area contributed by atoms with Gasteiger partial charge in [-0.25, -0.2) is 4.79 Å². The van der Waals surface area contributed by atoms with Gasteiger partial charge in [-0.3, -0.25) is 4.79 Å². The monoisotopic (exact) mass is 398 g/mol. The van der Waals surface area contributed by atoms with E-state index in [2.05, 4.69) is 17.6 Å². The van der Waals surface area contributed by atoms with Gasteiger partial charge in [-0.15, -0.1) is 0 Å². The minimum atomic E-state index is -0.570. The van der Waals surface area contributed by atoms with E-state index < -0.39 is 17.7 Å². The van der Waals surface area contributed by atoms with Gasteiger partial charge in [-0.2, -0.15) is 0 Å². The third kappa shape index (κ3) is 16.9. The molecular weight excluding hydrogens is 352 g/mol. The lowest BCUT2D eigenvalue weighted by molar-refractivity contribution is -0.123. The van der Waals surface area contributed by atoms with E-state index in [1.165, 1.54) is 51.4 Å². The zero-order valence-corrected chi connectivity index (χ0v) is 19.4. The number of rotatable bonds is 15. The van der Waals surface area contributed by atoms with Crippen LogP contribution in [0.3, 0.4) is 0 Å². The second kappa shape index (κ2) is 15.6. The molecule has 5 nitrogen and oxygen atoms in total. The highest BCUT2D eigenvalue weighted by Gasteiger charge is 2.24. The summed E-state index contributed by atoms with van der Waals surface area (Å²) < 4.78 is 5.28. The van der Waals surface area contributed by atoms with Crippen LogP contribution in [0.1, 0.15) is 112 Å². The van der Waals surface area contributed by atoms with Crippen molar-refractivity contribution in [2.45, 2.75) is 124 Å². The first-order valence-electron chi connectivity index (χ1n) is 11.4. The van der Waals surface area contributed by atoms with Gasteiger partial charge in [-0.1, -0.05) is 78.6 Å². The molecule has 166 valence electrons. The molecule has 0 rings (SSSR count). The summed E-state index contributed by atoms with van der Waals surface area (Å²) in [6, 6.07) is -0.544. The van der Waals surface area contributed by atoms with Crippen molar-refractivity contribution in [3.8, 4) is 0 Å². The minimum absolute atomic E-state index is 0.115. The fourth-order valence-corrected chi connectivity index (χ4v) is 3.10. The first kappa shape index (κ1) is 26.7. The molecule has 0 aromatic heterocycles. The maximum atomic E-state index is 12.5. The van der Waals surface area contributed by atoms with Crippen LogP contribution in [0.25, 0.3) is 0 Å². The number of alkyl carbamates (subject to hydrolysis) is 1. The van der Waals surface area contributed by atoms with Crippen LogP contribution in [0.15, 0.2) is 0 Å². The van der Waals surface area contributed by atoms with Gasteiger partial charge in [0.1, 0.15) is 11.6 Å². The predicted octanol–water partition coefficient (Wildman–Crippen LogP) is 5.96. The number of carbonyl (C=O) groups excluding carboxylic acids is 2. The second-order valence-electron chi connectivity index (χ2n) is 9.30. The van der Waals surface area contributed by atoms with E-state index in [-0.39, 0.29) is 5.91 Å². The zero-order chi connectivity index (χ0) is 21.4. The Labute approximate surface area is 173 Å². The molecule has 0 aliphatic rings. The molecule has 2 N–H and O–H groups in total. The van der Waals surface area contributed by atoms with Crippen molar-refractivity contribution in [2.24, 2.45) is 5.92 Å². The molecule has 0 spiro atoms. The van der Waals surface area contributed by atoms with Gasteiger partial charge >= 0.3 is 6.09 Å². The Balaban J connectivity index is 3.98. The largest absolute Gasteiger partial charge is 0.444 e. The summed E-state index contributed by atoms with van der Waals surface area (Å²) >= 11 is 0. The lowest BCUT2D eigenvalue weighted by atomic mass is 10.0. The average Bonchev–Trinajstić information content (AvgIpc) is 2.56. The number of hydrogen-bond donors (Lipinski definition) is 2. The first-order valence-corrected chi connectivity index (χ1v) is 11.4. The topological polar surface area (TPSA) is 67.4 Å². The maximum absolute atomic E-state index is 12.5. The van der Waals surface area contributed by atoms with Gasteiger partial charge in [0.25, 0.3) is 0 Å². The third-order valence-electron chi connectivity index (χ3n) is 4.54. The molecule has 0 saturated carbocycles. The number of hydrogen-bond acceptors (Lipinski definition) is 3. The molecule has 5 heteroatoms. The fourth-order valence-electron chi connectivity index (χ4n) is 3.10. The molecule has 0 bridgehead atoms. The van der Waals surface area contributed by atoms with Crippen LogP contribution in [0, 0.1) is 5.92 Å². The molecule has 1 atom stereocenters. The first-order chi connectivity index (χ1) is 13.2. The van der Waals surface area contributed by atoms with E-state index in [1.807, 2.05) is 34.6 Å². The molecule has 0 heterocycles. The zero-order valence-electron chi connectivity index (χ0n) is 19.4. The van der Waals surface area contributed by atoms with Gasteiger partial charge in [-0.05, 0) is 39.5 Å². The lowest BCUT2D eigenvalue weighted by Gasteiger charge is -2.24. The van der Waals surface area contributed by atoms with Gasteiger partial charge in [0.05, 0.1) is 0 Å². The van der Waals surface area contributed by atoms with Crippen molar-refractivity contribution in [2.75, 3.05) is 6.54 Å². The summed E-state index contributed by atoms with van der Waals surface area (Å²) in [4.78, 5) is 24.5. The highest BCUT2D eigenvalue weighted by Crippen LogP contribution is 2.11. The normalized spacial score (nSPS) is 12.7. The van der Waals surface area contributed by atoms with Crippen LogP contribution >= 0.6 is 0 Å². The molecule has 0 saturated heterocycles. The Kier molecular flexibility index (Phi) is 14.9. The van der Waals surface area contributed by atoms with Crippen molar-refractivity contribution >= 4 is 12.0 Å². The maximum Gasteiger partial charge on any atom is 0.408 e. The summed E-state index contributed by atoms with van der Waals surface area (Å²) in [6.45, 7) is 12.4. The van der Waals surface area contributed by atoms with E-state index in [0.29, 0.717) is 18.9 Å². The molecule has 0 aliphatic heterocycles. The van der Waals surface area contributed by atoms with E-state index in [1.54, 1.807) is 0 Å². The standard InChI is InChI=1S/C23H46N2O3/c1-7-8-9-10-11-12-13-14-15-16-17-24-21(26)20(18-19(2)3)25-22(27)28-23(4,5)6/h19-20H,7-18H2,1-6H3,(H,24,26)(H,25,27)/t20-/m0/s1. The Morgan fingerprint density at radius 2 is 1.36 bits per heavy atom. The van der Waals surface area contributed by atoms with E-state index in [9.17, 15) is 9.59 Å². The number of carbonyl (C=O) groups is 2. The van der Waals surface area contributed by atoms with Crippen LogP contribution < -0.4 is 10.6 Å². The van der Waals surface area contributed by atoms with Crippen molar-refractivity contribution in [1.29, 1.82) is 0 Å². The Morgan fingerprint density at radius 3 is 1.82 bits per heavy atom. The Morgan fingerprint density at radius 1 is 0.857 bits per heavy atom. The predicted molar refractivity (Wildman–Crippen MR) is 117 cm³/mol. The highest BCUT2D eigenvalue weighted by atomic mass is 16.6. The number of nitrogens with one attached hydrogen (secondary N) is 2. The van der Waals surface area contributed by atoms with Crippen LogP contribution in [0.5, 0.6) is 0 Å². The lowest BCUT2D eigenvalue weighted by Crippen LogP contribution is -2.49. The van der Waals surface area contributed by atoms with Crippen LogP contribution in [-0.2, 0) is 9.53 Å².